The molecule has 0 heterocycles. The van der Waals surface area contributed by atoms with Gasteiger partial charge in [0.25, 0.3) is 0 Å². The van der Waals surface area contributed by atoms with Crippen LogP contribution in [0, 0.1) is 0 Å². The first kappa shape index (κ1) is 13.4. The highest BCUT2D eigenvalue weighted by molar-refractivity contribution is 5.81. The molecule has 1 aromatic carbocycles. The molecule has 102 valence electrons. The van der Waals surface area contributed by atoms with Gasteiger partial charge in [-0.3, -0.25) is 4.79 Å². The molecular formula is C14H18N2O3. The average Bonchev–Trinajstić information content (AvgIpc) is 2.79. The number of likely N-dealkylation sites (N-methyl/N-ethyl adjacent to an activating group) is 1. The molecule has 1 N–H and O–H groups in total. The Labute approximate surface area is 112 Å². The van der Waals surface area contributed by atoms with E-state index in [-0.39, 0.29) is 18.6 Å². The average molecular weight is 262 g/mol. The molecular weight excluding hydrogens is 244 g/mol. The number of ether oxygens (including phenoxy) is 1. The third-order valence-corrected chi connectivity index (χ3v) is 3.21. The number of carbonyl (C=O) groups excluding carboxylic acids is 2. The van der Waals surface area contributed by atoms with Gasteiger partial charge in [-0.05, 0) is 24.0 Å². The number of amides is 2. The molecule has 0 saturated carbocycles. The highest BCUT2D eigenvalue weighted by Gasteiger charge is 2.25. The number of hydrogen-bond acceptors (Lipinski definition) is 3. The fourth-order valence-electron chi connectivity index (χ4n) is 2.12. The molecule has 1 unspecified atom stereocenters. The van der Waals surface area contributed by atoms with E-state index in [0.29, 0.717) is 0 Å². The van der Waals surface area contributed by atoms with Crippen LogP contribution in [0.25, 0.3) is 0 Å². The van der Waals surface area contributed by atoms with Crippen LogP contribution >= 0.6 is 0 Å². The zero-order chi connectivity index (χ0) is 13.8. The Kier molecular flexibility index (Phi) is 4.04. The van der Waals surface area contributed by atoms with Gasteiger partial charge in [0.1, 0.15) is 12.6 Å². The first-order chi connectivity index (χ1) is 9.08. The molecule has 19 heavy (non-hydrogen) atoms. The minimum Gasteiger partial charge on any atom is -0.441 e. The lowest BCUT2D eigenvalue weighted by Gasteiger charge is -2.15. The van der Waals surface area contributed by atoms with Crippen LogP contribution in [0.15, 0.2) is 24.3 Å². The molecule has 5 heteroatoms. The second-order valence-electron chi connectivity index (χ2n) is 4.77. The van der Waals surface area contributed by atoms with Crippen molar-refractivity contribution in [3.63, 3.8) is 0 Å². The van der Waals surface area contributed by atoms with Gasteiger partial charge in [-0.1, -0.05) is 24.3 Å². The molecule has 1 atom stereocenters. The summed E-state index contributed by atoms with van der Waals surface area (Å²) in [6.07, 6.45) is 0.974. The molecule has 0 fully saturated rings. The van der Waals surface area contributed by atoms with Crippen molar-refractivity contribution < 1.29 is 14.3 Å². The molecule has 5 nitrogen and oxygen atoms in total. The quantitative estimate of drug-likeness (QED) is 0.897. The fraction of sp³-hybridized carbons (Fsp3) is 0.429. The van der Waals surface area contributed by atoms with Crippen molar-refractivity contribution in [3.8, 4) is 0 Å². The van der Waals surface area contributed by atoms with Gasteiger partial charge in [-0.2, -0.15) is 0 Å². The van der Waals surface area contributed by atoms with Gasteiger partial charge in [0, 0.05) is 14.1 Å². The Balaban J connectivity index is 1.86. The molecule has 2 rings (SSSR count). The third kappa shape index (κ3) is 3.24. The van der Waals surface area contributed by atoms with Crippen LogP contribution in [-0.2, 0) is 16.0 Å². The number of fused-ring (bicyclic) bond motifs is 1. The van der Waals surface area contributed by atoms with Gasteiger partial charge in [-0.15, -0.1) is 0 Å². The Morgan fingerprint density at radius 2 is 2.11 bits per heavy atom. The molecule has 0 aromatic heterocycles. The maximum atomic E-state index is 11.6. The summed E-state index contributed by atoms with van der Waals surface area (Å²) >= 11 is 0. The van der Waals surface area contributed by atoms with Gasteiger partial charge >= 0.3 is 6.09 Å². The standard InChI is InChI=1S/C14H18N2O3/c1-16(2)13(17)9-15-14(18)19-12-8-7-10-5-3-4-6-11(10)12/h3-6,12H,7-9H2,1-2H3,(H,15,18). The number of nitrogens with zero attached hydrogens (tertiary/aromatic N) is 1. The Morgan fingerprint density at radius 3 is 2.84 bits per heavy atom. The topological polar surface area (TPSA) is 58.6 Å². The highest BCUT2D eigenvalue weighted by Crippen LogP contribution is 2.33. The minimum atomic E-state index is -0.545. The maximum absolute atomic E-state index is 11.6. The second kappa shape index (κ2) is 5.73. The van der Waals surface area contributed by atoms with Crippen LogP contribution in [0.5, 0.6) is 0 Å². The lowest BCUT2D eigenvalue weighted by atomic mass is 10.1. The van der Waals surface area contributed by atoms with Crippen molar-refractivity contribution in [1.82, 2.24) is 10.2 Å². The van der Waals surface area contributed by atoms with E-state index in [1.54, 1.807) is 14.1 Å². The van der Waals surface area contributed by atoms with E-state index in [0.717, 1.165) is 18.4 Å². The van der Waals surface area contributed by atoms with E-state index in [2.05, 4.69) is 5.32 Å². The van der Waals surface area contributed by atoms with Crippen molar-refractivity contribution in [1.29, 1.82) is 0 Å². The normalized spacial score (nSPS) is 16.6. The second-order valence-corrected chi connectivity index (χ2v) is 4.77. The van der Waals surface area contributed by atoms with E-state index in [9.17, 15) is 9.59 Å². The number of nitrogens with one attached hydrogen (secondary N) is 1. The summed E-state index contributed by atoms with van der Waals surface area (Å²) in [5.41, 5.74) is 2.29. The summed E-state index contributed by atoms with van der Waals surface area (Å²) in [6.45, 7) is -0.0415. The molecule has 0 bridgehead atoms. The predicted molar refractivity (Wildman–Crippen MR) is 70.7 cm³/mol. The van der Waals surface area contributed by atoms with E-state index in [1.165, 1.54) is 10.5 Å². The monoisotopic (exact) mass is 262 g/mol. The minimum absolute atomic E-state index is 0.0415. The van der Waals surface area contributed by atoms with Crippen molar-refractivity contribution in [2.24, 2.45) is 0 Å². The van der Waals surface area contributed by atoms with Gasteiger partial charge in [-0.25, -0.2) is 4.79 Å². The van der Waals surface area contributed by atoms with E-state index in [4.69, 9.17) is 4.74 Å². The Morgan fingerprint density at radius 1 is 1.37 bits per heavy atom. The SMILES string of the molecule is CN(C)C(=O)CNC(=O)OC1CCc2ccccc21. The van der Waals surface area contributed by atoms with Crippen molar-refractivity contribution in [2.45, 2.75) is 18.9 Å². The van der Waals surface area contributed by atoms with Crippen LogP contribution in [-0.4, -0.2) is 37.5 Å². The third-order valence-electron chi connectivity index (χ3n) is 3.21. The summed E-state index contributed by atoms with van der Waals surface area (Å²) < 4.78 is 5.35. The van der Waals surface area contributed by atoms with Gasteiger partial charge in [0.05, 0.1) is 0 Å². The predicted octanol–water partition coefficient (Wildman–Crippen LogP) is 1.49. The zero-order valence-corrected chi connectivity index (χ0v) is 11.2. The van der Waals surface area contributed by atoms with Crippen molar-refractivity contribution in [2.75, 3.05) is 20.6 Å². The van der Waals surface area contributed by atoms with Crippen LogP contribution < -0.4 is 5.32 Å². The zero-order valence-electron chi connectivity index (χ0n) is 11.2. The first-order valence-electron chi connectivity index (χ1n) is 6.30. The van der Waals surface area contributed by atoms with Crippen LogP contribution in [0.4, 0.5) is 4.79 Å². The molecule has 0 saturated heterocycles. The Hall–Kier alpha value is -2.04. The van der Waals surface area contributed by atoms with E-state index in [1.807, 2.05) is 24.3 Å². The van der Waals surface area contributed by atoms with Gasteiger partial charge in [0.15, 0.2) is 0 Å². The summed E-state index contributed by atoms with van der Waals surface area (Å²) in [4.78, 5) is 24.4. The summed E-state index contributed by atoms with van der Waals surface area (Å²) in [5, 5.41) is 2.47. The maximum Gasteiger partial charge on any atom is 0.408 e. The lowest BCUT2D eigenvalue weighted by molar-refractivity contribution is -0.127. The number of rotatable bonds is 3. The number of carbonyl (C=O) groups is 2. The number of hydrogen-bond donors (Lipinski definition) is 1. The summed E-state index contributed by atoms with van der Waals surface area (Å²) in [7, 11) is 3.28. The van der Waals surface area contributed by atoms with Gasteiger partial charge < -0.3 is 15.0 Å². The van der Waals surface area contributed by atoms with Crippen LogP contribution in [0.1, 0.15) is 23.7 Å². The first-order valence-corrected chi connectivity index (χ1v) is 6.30. The number of benzene rings is 1. The fourth-order valence-corrected chi connectivity index (χ4v) is 2.12. The van der Waals surface area contributed by atoms with Crippen LogP contribution in [0.3, 0.4) is 0 Å². The van der Waals surface area contributed by atoms with Crippen molar-refractivity contribution >= 4 is 12.0 Å². The van der Waals surface area contributed by atoms with Gasteiger partial charge in [0.2, 0.25) is 5.91 Å². The summed E-state index contributed by atoms with van der Waals surface area (Å²) in [5.74, 6) is -0.163. The molecule has 0 aliphatic heterocycles. The van der Waals surface area contributed by atoms with Crippen molar-refractivity contribution in [3.05, 3.63) is 35.4 Å². The largest absolute Gasteiger partial charge is 0.441 e. The van der Waals surface area contributed by atoms with E-state index >= 15 is 0 Å². The molecule has 1 aromatic rings. The molecule has 0 radical (unpaired) electrons. The molecule has 2 amide bonds. The summed E-state index contributed by atoms with van der Waals surface area (Å²) in [6, 6.07) is 7.95. The number of alkyl carbamates (subject to hydrolysis) is 1. The lowest BCUT2D eigenvalue weighted by Crippen LogP contribution is -2.36. The molecule has 0 spiro atoms. The molecule has 1 aliphatic carbocycles. The van der Waals surface area contributed by atoms with Crippen LogP contribution in [0.2, 0.25) is 0 Å². The highest BCUT2D eigenvalue weighted by atomic mass is 16.6. The molecule has 1 aliphatic rings. The smallest absolute Gasteiger partial charge is 0.408 e. The Bertz CT molecular complexity index is 485. The number of aryl methyl sites for hydroxylation is 1. The van der Waals surface area contributed by atoms with E-state index < -0.39 is 6.09 Å².